The summed E-state index contributed by atoms with van der Waals surface area (Å²) in [5.41, 5.74) is 4.28. The average Bonchev–Trinajstić information content (AvgIpc) is 2.69. The molecular weight excluding hydrogens is 444 g/mol. The molecule has 3 aromatic carbocycles. The van der Waals surface area contributed by atoms with Crippen LogP contribution in [0.1, 0.15) is 15.9 Å². The number of amides is 1. The van der Waals surface area contributed by atoms with Gasteiger partial charge in [0, 0.05) is 10.0 Å². The summed E-state index contributed by atoms with van der Waals surface area (Å²) in [6.07, 6.45) is 1.33. The van der Waals surface area contributed by atoms with Crippen LogP contribution in [-0.2, 0) is 0 Å². The average molecular weight is 458 g/mol. The molecule has 3 rings (SSSR count). The number of hydrazone groups is 1. The van der Waals surface area contributed by atoms with Crippen LogP contribution in [-0.4, -0.2) is 17.2 Å². The molecular formula is C20H14BrClN4O2. The van der Waals surface area contributed by atoms with Gasteiger partial charge in [-0.05, 0) is 58.4 Å². The van der Waals surface area contributed by atoms with E-state index in [9.17, 15) is 9.90 Å². The molecule has 0 radical (unpaired) electrons. The minimum Gasteiger partial charge on any atom is -0.507 e. The number of hydrogen-bond acceptors (Lipinski definition) is 5. The Kier molecular flexibility index (Phi) is 6.52. The Morgan fingerprint density at radius 1 is 1.04 bits per heavy atom. The first-order valence-corrected chi connectivity index (χ1v) is 9.29. The second-order valence-corrected chi connectivity index (χ2v) is 6.84. The van der Waals surface area contributed by atoms with Crippen LogP contribution in [0.2, 0.25) is 5.02 Å². The van der Waals surface area contributed by atoms with Crippen molar-refractivity contribution < 1.29 is 9.90 Å². The van der Waals surface area contributed by atoms with Gasteiger partial charge in [-0.25, -0.2) is 5.43 Å². The molecule has 0 atom stereocenters. The van der Waals surface area contributed by atoms with E-state index in [-0.39, 0.29) is 11.7 Å². The number of phenols is 1. The van der Waals surface area contributed by atoms with Crippen molar-refractivity contribution >= 4 is 51.0 Å². The number of rotatable bonds is 5. The van der Waals surface area contributed by atoms with Crippen LogP contribution in [0.4, 0.5) is 11.4 Å². The van der Waals surface area contributed by atoms with E-state index in [0.29, 0.717) is 32.0 Å². The zero-order chi connectivity index (χ0) is 19.9. The normalized spacial score (nSPS) is 11.2. The highest BCUT2D eigenvalue weighted by molar-refractivity contribution is 9.10. The van der Waals surface area contributed by atoms with Crippen molar-refractivity contribution in [1.82, 2.24) is 5.43 Å². The number of carbonyl (C=O) groups is 1. The van der Waals surface area contributed by atoms with E-state index in [1.165, 1.54) is 12.3 Å². The third-order valence-electron chi connectivity index (χ3n) is 3.62. The molecule has 28 heavy (non-hydrogen) atoms. The Bertz CT molecular complexity index is 1070. The van der Waals surface area contributed by atoms with Crippen LogP contribution >= 0.6 is 27.5 Å². The fourth-order valence-electron chi connectivity index (χ4n) is 2.22. The molecule has 6 nitrogen and oxygen atoms in total. The van der Waals surface area contributed by atoms with Gasteiger partial charge in [-0.2, -0.15) is 10.2 Å². The zero-order valence-corrected chi connectivity index (χ0v) is 16.7. The van der Waals surface area contributed by atoms with Gasteiger partial charge < -0.3 is 5.11 Å². The van der Waals surface area contributed by atoms with Gasteiger partial charge >= 0.3 is 0 Å². The smallest absolute Gasteiger partial charge is 0.272 e. The van der Waals surface area contributed by atoms with Crippen molar-refractivity contribution in [3.63, 3.8) is 0 Å². The highest BCUT2D eigenvalue weighted by Gasteiger charge is 2.08. The van der Waals surface area contributed by atoms with Crippen LogP contribution in [0.5, 0.6) is 5.75 Å². The van der Waals surface area contributed by atoms with Crippen LogP contribution in [0.25, 0.3) is 0 Å². The van der Waals surface area contributed by atoms with Crippen LogP contribution in [0.15, 0.2) is 86.5 Å². The summed E-state index contributed by atoms with van der Waals surface area (Å²) in [5.74, 6) is -0.381. The molecule has 0 heterocycles. The number of benzene rings is 3. The molecule has 0 bridgehead atoms. The molecule has 0 aliphatic heterocycles. The second-order valence-electron chi connectivity index (χ2n) is 5.57. The van der Waals surface area contributed by atoms with Crippen LogP contribution < -0.4 is 5.43 Å². The maximum absolute atomic E-state index is 12.1. The Balaban J connectivity index is 1.73. The zero-order valence-electron chi connectivity index (χ0n) is 14.4. The molecule has 0 unspecified atom stereocenters. The van der Waals surface area contributed by atoms with E-state index in [0.717, 1.165) is 0 Å². The molecule has 0 aromatic heterocycles. The summed E-state index contributed by atoms with van der Waals surface area (Å²) in [6, 6.07) is 18.7. The summed E-state index contributed by atoms with van der Waals surface area (Å²) >= 11 is 9.36. The number of carbonyl (C=O) groups excluding carboxylic acids is 1. The van der Waals surface area contributed by atoms with Crippen molar-refractivity contribution in [2.75, 3.05) is 0 Å². The fourth-order valence-corrected chi connectivity index (χ4v) is 2.86. The quantitative estimate of drug-likeness (QED) is 0.280. The van der Waals surface area contributed by atoms with E-state index in [4.69, 9.17) is 11.6 Å². The van der Waals surface area contributed by atoms with Gasteiger partial charge in [0.2, 0.25) is 0 Å². The van der Waals surface area contributed by atoms with Gasteiger partial charge in [-0.3, -0.25) is 4.79 Å². The fraction of sp³-hybridized carbons (Fsp3) is 0. The molecule has 0 fully saturated rings. The van der Waals surface area contributed by atoms with E-state index >= 15 is 0 Å². The van der Waals surface area contributed by atoms with Crippen molar-refractivity contribution in [2.24, 2.45) is 15.3 Å². The first kappa shape index (κ1) is 19.7. The number of halogens is 2. The van der Waals surface area contributed by atoms with Gasteiger partial charge in [0.15, 0.2) is 0 Å². The maximum atomic E-state index is 12.1. The predicted molar refractivity (Wildman–Crippen MR) is 113 cm³/mol. The number of aromatic hydroxyl groups is 1. The van der Waals surface area contributed by atoms with Crippen molar-refractivity contribution in [3.8, 4) is 5.75 Å². The molecule has 0 saturated carbocycles. The molecule has 1 amide bonds. The van der Waals surface area contributed by atoms with Crippen LogP contribution in [0, 0.1) is 0 Å². The Morgan fingerprint density at radius 2 is 1.79 bits per heavy atom. The minimum atomic E-state index is -0.377. The van der Waals surface area contributed by atoms with Crippen LogP contribution in [0.3, 0.4) is 0 Å². The lowest BCUT2D eigenvalue weighted by Gasteiger charge is -2.03. The summed E-state index contributed by atoms with van der Waals surface area (Å²) in [4.78, 5) is 12.1. The van der Waals surface area contributed by atoms with Crippen molar-refractivity contribution in [3.05, 3.63) is 87.4 Å². The number of nitrogens with one attached hydrogen (secondary N) is 1. The summed E-state index contributed by atoms with van der Waals surface area (Å²) in [5, 5.41) is 22.6. The first-order chi connectivity index (χ1) is 13.5. The first-order valence-electron chi connectivity index (χ1n) is 8.12. The highest BCUT2D eigenvalue weighted by atomic mass is 79.9. The highest BCUT2D eigenvalue weighted by Crippen LogP contribution is 2.27. The summed E-state index contributed by atoms with van der Waals surface area (Å²) < 4.78 is 0.660. The minimum absolute atomic E-state index is 0.00409. The lowest BCUT2D eigenvalue weighted by molar-refractivity contribution is 0.0954. The number of nitrogens with zero attached hydrogens (tertiary/aromatic N) is 3. The second kappa shape index (κ2) is 9.25. The molecule has 3 aromatic rings. The Morgan fingerprint density at radius 3 is 2.57 bits per heavy atom. The standard InChI is InChI=1S/C20H14BrClN4O2/c21-16-6-2-1-5-15(16)20(28)26-23-12-13-11-14(9-10-19(13)27)24-25-18-8-4-3-7-17(18)22/h1-12,27H,(H,26,28)/b23-12-,25-24?. The molecule has 8 heteroatoms. The molecule has 0 aliphatic rings. The van der Waals surface area contributed by atoms with Gasteiger partial charge in [0.25, 0.3) is 5.91 Å². The third-order valence-corrected chi connectivity index (χ3v) is 4.64. The molecule has 0 saturated heterocycles. The summed E-state index contributed by atoms with van der Waals surface area (Å²) in [7, 11) is 0. The van der Waals surface area contributed by atoms with E-state index in [1.54, 1.807) is 48.5 Å². The topological polar surface area (TPSA) is 86.4 Å². The number of azo groups is 1. The van der Waals surface area contributed by atoms with E-state index < -0.39 is 0 Å². The maximum Gasteiger partial charge on any atom is 0.272 e. The predicted octanol–water partition coefficient (Wildman–Crippen LogP) is 5.99. The molecule has 0 spiro atoms. The lowest BCUT2D eigenvalue weighted by atomic mass is 10.2. The molecule has 0 aliphatic carbocycles. The van der Waals surface area contributed by atoms with Gasteiger partial charge in [-0.1, -0.05) is 35.9 Å². The van der Waals surface area contributed by atoms with E-state index in [1.807, 2.05) is 12.1 Å². The Labute approximate surface area is 174 Å². The van der Waals surface area contributed by atoms with Gasteiger partial charge in [0.05, 0.1) is 22.5 Å². The van der Waals surface area contributed by atoms with E-state index in [2.05, 4.69) is 36.7 Å². The van der Waals surface area contributed by atoms with Gasteiger partial charge in [-0.15, -0.1) is 5.11 Å². The monoisotopic (exact) mass is 456 g/mol. The SMILES string of the molecule is O=C(N/N=C\c1cc(N=Nc2ccccc2Cl)ccc1O)c1ccccc1Br. The Hall–Kier alpha value is -3.03. The largest absolute Gasteiger partial charge is 0.507 e. The molecule has 2 N–H and O–H groups in total. The third kappa shape index (κ3) is 5.03. The van der Waals surface area contributed by atoms with Crippen molar-refractivity contribution in [1.29, 1.82) is 0 Å². The van der Waals surface area contributed by atoms with Crippen molar-refractivity contribution in [2.45, 2.75) is 0 Å². The van der Waals surface area contributed by atoms with Gasteiger partial charge in [0.1, 0.15) is 11.4 Å². The number of phenolic OH excluding ortho intramolecular Hbond substituents is 1. The molecule has 140 valence electrons. The summed E-state index contributed by atoms with van der Waals surface area (Å²) in [6.45, 7) is 0. The number of hydrogen-bond donors (Lipinski definition) is 2. The lowest BCUT2D eigenvalue weighted by Crippen LogP contribution is -2.18.